The number of thiazole rings is 1. The minimum absolute atomic E-state index is 0.207. The lowest BCUT2D eigenvalue weighted by molar-refractivity contribution is -0.115. The predicted octanol–water partition coefficient (Wildman–Crippen LogP) is 3.01. The fourth-order valence-electron chi connectivity index (χ4n) is 1.33. The number of carbonyl (C=O) groups excluding carboxylic acids is 2. The Morgan fingerprint density at radius 3 is 2.61 bits per heavy atom. The maximum Gasteiger partial charge on any atom is 0.233 e. The third kappa shape index (κ3) is 3.38. The van der Waals surface area contributed by atoms with E-state index in [0.717, 1.165) is 0 Å². The average molecular weight is 281 g/mol. The van der Waals surface area contributed by atoms with Crippen LogP contribution >= 0.6 is 22.9 Å². The van der Waals surface area contributed by atoms with E-state index in [-0.39, 0.29) is 18.1 Å². The number of nitrogens with zero attached hydrogens (tertiary/aromatic N) is 1. The molecule has 18 heavy (non-hydrogen) atoms. The zero-order valence-corrected chi connectivity index (χ0v) is 10.8. The summed E-state index contributed by atoms with van der Waals surface area (Å²) < 4.78 is 0. The summed E-state index contributed by atoms with van der Waals surface area (Å²) in [4.78, 5) is 27.2. The molecule has 0 bridgehead atoms. The molecule has 0 aliphatic rings. The Morgan fingerprint density at radius 2 is 2.00 bits per heavy atom. The molecule has 0 radical (unpaired) electrons. The topological polar surface area (TPSA) is 59.1 Å². The number of hydrogen-bond donors (Lipinski definition) is 1. The number of aromatic nitrogens is 1. The van der Waals surface area contributed by atoms with Crippen LogP contribution in [-0.4, -0.2) is 16.7 Å². The van der Waals surface area contributed by atoms with Crippen LogP contribution in [0.1, 0.15) is 16.8 Å². The van der Waals surface area contributed by atoms with Crippen LogP contribution in [-0.2, 0) is 4.79 Å². The van der Waals surface area contributed by atoms with Gasteiger partial charge >= 0.3 is 0 Å². The molecule has 0 aliphatic heterocycles. The van der Waals surface area contributed by atoms with Crippen molar-refractivity contribution < 1.29 is 9.59 Å². The van der Waals surface area contributed by atoms with Gasteiger partial charge in [0.25, 0.3) is 0 Å². The van der Waals surface area contributed by atoms with Crippen LogP contribution in [0.15, 0.2) is 35.8 Å². The molecular weight excluding hydrogens is 272 g/mol. The molecule has 6 heteroatoms. The van der Waals surface area contributed by atoms with E-state index in [1.165, 1.54) is 11.3 Å². The summed E-state index contributed by atoms with van der Waals surface area (Å²) in [5, 5.41) is 5.35. The van der Waals surface area contributed by atoms with Gasteiger partial charge in [0.15, 0.2) is 10.9 Å². The van der Waals surface area contributed by atoms with Gasteiger partial charge < -0.3 is 5.32 Å². The molecule has 1 N–H and O–H groups in total. The van der Waals surface area contributed by atoms with Crippen LogP contribution in [0, 0.1) is 0 Å². The Bertz CT molecular complexity index is 552. The number of halogens is 1. The fraction of sp³-hybridized carbons (Fsp3) is 0.0833. The molecule has 1 amide bonds. The molecule has 1 aromatic heterocycles. The van der Waals surface area contributed by atoms with Crippen molar-refractivity contribution in [2.24, 2.45) is 0 Å². The van der Waals surface area contributed by atoms with Gasteiger partial charge in [0.05, 0.1) is 6.42 Å². The van der Waals surface area contributed by atoms with Crippen LogP contribution in [0.5, 0.6) is 0 Å². The lowest BCUT2D eigenvalue weighted by Crippen LogP contribution is -2.16. The largest absolute Gasteiger partial charge is 0.302 e. The molecule has 0 aliphatic carbocycles. The molecule has 0 saturated heterocycles. The van der Waals surface area contributed by atoms with E-state index in [4.69, 9.17) is 11.6 Å². The first kappa shape index (κ1) is 12.7. The molecule has 0 atom stereocenters. The Labute approximate surface area is 113 Å². The highest BCUT2D eigenvalue weighted by Gasteiger charge is 2.12. The van der Waals surface area contributed by atoms with Gasteiger partial charge in [-0.25, -0.2) is 4.98 Å². The summed E-state index contributed by atoms with van der Waals surface area (Å²) in [5.74, 6) is -0.620. The second-order valence-electron chi connectivity index (χ2n) is 3.49. The van der Waals surface area contributed by atoms with Crippen LogP contribution in [0.4, 0.5) is 5.13 Å². The lowest BCUT2D eigenvalue weighted by atomic mass is 10.1. The van der Waals surface area contributed by atoms with Crippen molar-refractivity contribution in [3.8, 4) is 0 Å². The van der Waals surface area contributed by atoms with Gasteiger partial charge in [-0.2, -0.15) is 0 Å². The molecule has 4 nitrogen and oxygen atoms in total. The number of hydrogen-bond acceptors (Lipinski definition) is 4. The molecule has 0 fully saturated rings. The zero-order valence-electron chi connectivity index (χ0n) is 9.22. The normalized spacial score (nSPS) is 10.1. The number of nitrogens with one attached hydrogen (secondary N) is 1. The van der Waals surface area contributed by atoms with Crippen molar-refractivity contribution in [2.45, 2.75) is 6.42 Å². The fourth-order valence-corrected chi connectivity index (χ4v) is 2.00. The van der Waals surface area contributed by atoms with Crippen molar-refractivity contribution in [3.63, 3.8) is 0 Å². The Kier molecular flexibility index (Phi) is 4.07. The van der Waals surface area contributed by atoms with E-state index in [0.29, 0.717) is 15.7 Å². The smallest absolute Gasteiger partial charge is 0.233 e. The summed E-state index contributed by atoms with van der Waals surface area (Å²) in [6, 6.07) is 6.43. The van der Waals surface area contributed by atoms with E-state index in [2.05, 4.69) is 10.3 Å². The molecule has 0 spiro atoms. The Balaban J connectivity index is 1.95. The number of amides is 1. The minimum Gasteiger partial charge on any atom is -0.302 e. The molecule has 1 heterocycles. The molecule has 2 aromatic rings. The quantitative estimate of drug-likeness (QED) is 0.692. The van der Waals surface area contributed by atoms with Gasteiger partial charge in [-0.15, -0.1) is 11.3 Å². The number of Topliss-reactive ketones (excluding diaryl/α,β-unsaturated/α-hetero) is 1. The zero-order chi connectivity index (χ0) is 13.0. The maximum atomic E-state index is 11.8. The molecule has 1 aromatic carbocycles. The van der Waals surface area contributed by atoms with E-state index < -0.39 is 0 Å². The van der Waals surface area contributed by atoms with E-state index >= 15 is 0 Å². The summed E-state index contributed by atoms with van der Waals surface area (Å²) in [5.41, 5.74) is 0.466. The van der Waals surface area contributed by atoms with E-state index in [9.17, 15) is 9.59 Å². The van der Waals surface area contributed by atoms with Gasteiger partial charge in [0.1, 0.15) is 0 Å². The first-order valence-corrected chi connectivity index (χ1v) is 6.39. The van der Waals surface area contributed by atoms with Crippen LogP contribution in [0.25, 0.3) is 0 Å². The molecule has 0 unspecified atom stereocenters. The number of ketones is 1. The third-order valence-electron chi connectivity index (χ3n) is 2.17. The minimum atomic E-state index is -0.370. The third-order valence-corrected chi connectivity index (χ3v) is 3.11. The molecule has 2 rings (SSSR count). The van der Waals surface area contributed by atoms with Crippen LogP contribution in [0.3, 0.4) is 0 Å². The highest BCUT2D eigenvalue weighted by atomic mass is 35.5. The average Bonchev–Trinajstić information content (AvgIpc) is 2.82. The van der Waals surface area contributed by atoms with Gasteiger partial charge in [0, 0.05) is 22.2 Å². The Hall–Kier alpha value is -1.72. The molecular formula is C12H9ClN2O2S. The highest BCUT2D eigenvalue weighted by molar-refractivity contribution is 7.13. The number of anilines is 1. The monoisotopic (exact) mass is 280 g/mol. The maximum absolute atomic E-state index is 11.8. The van der Waals surface area contributed by atoms with Crippen molar-refractivity contribution in [1.82, 2.24) is 4.98 Å². The summed E-state index contributed by atoms with van der Waals surface area (Å²) >= 11 is 7.02. The number of carbonyl (C=O) groups is 2. The number of benzene rings is 1. The van der Waals surface area contributed by atoms with Crippen molar-refractivity contribution in [2.75, 3.05) is 5.32 Å². The summed E-state index contributed by atoms with van der Waals surface area (Å²) in [6.45, 7) is 0. The SMILES string of the molecule is O=C(CC(=O)c1ccc(Cl)cc1)Nc1nccs1. The highest BCUT2D eigenvalue weighted by Crippen LogP contribution is 2.13. The van der Waals surface area contributed by atoms with Crippen molar-refractivity contribution in [1.29, 1.82) is 0 Å². The van der Waals surface area contributed by atoms with Gasteiger partial charge in [-0.1, -0.05) is 11.6 Å². The van der Waals surface area contributed by atoms with Crippen molar-refractivity contribution >= 4 is 39.8 Å². The molecule has 0 saturated carbocycles. The Morgan fingerprint density at radius 1 is 1.28 bits per heavy atom. The summed E-state index contributed by atoms with van der Waals surface area (Å²) in [6.07, 6.45) is 1.38. The number of rotatable bonds is 4. The second-order valence-corrected chi connectivity index (χ2v) is 4.82. The second kappa shape index (κ2) is 5.75. The first-order chi connectivity index (χ1) is 8.65. The van der Waals surface area contributed by atoms with Crippen LogP contribution in [0.2, 0.25) is 5.02 Å². The summed E-state index contributed by atoms with van der Waals surface area (Å²) in [7, 11) is 0. The predicted molar refractivity (Wildman–Crippen MR) is 71.1 cm³/mol. The standard InChI is InChI=1S/C12H9ClN2O2S/c13-9-3-1-8(2-4-9)10(16)7-11(17)15-12-14-5-6-18-12/h1-6H,7H2,(H,14,15,17). The van der Waals surface area contributed by atoms with Crippen LogP contribution < -0.4 is 5.32 Å². The van der Waals surface area contributed by atoms with Gasteiger partial charge in [-0.05, 0) is 24.3 Å². The van der Waals surface area contributed by atoms with Crippen molar-refractivity contribution in [3.05, 3.63) is 46.4 Å². The lowest BCUT2D eigenvalue weighted by Gasteiger charge is -2.01. The molecule has 92 valence electrons. The van der Waals surface area contributed by atoms with Gasteiger partial charge in [0.2, 0.25) is 5.91 Å². The van der Waals surface area contributed by atoms with E-state index in [1.54, 1.807) is 35.8 Å². The van der Waals surface area contributed by atoms with E-state index in [1.807, 2.05) is 0 Å². The first-order valence-electron chi connectivity index (χ1n) is 5.13. The van der Waals surface area contributed by atoms with Gasteiger partial charge in [-0.3, -0.25) is 9.59 Å².